The summed E-state index contributed by atoms with van der Waals surface area (Å²) in [6.07, 6.45) is 4.34. The number of hydrogen-bond acceptors (Lipinski definition) is 7. The number of aliphatic hydroxyl groups excluding tert-OH is 1. The van der Waals surface area contributed by atoms with Crippen molar-refractivity contribution in [1.29, 1.82) is 0 Å². The molecule has 0 aliphatic carbocycles. The van der Waals surface area contributed by atoms with Crippen molar-refractivity contribution >= 4 is 0 Å². The third-order valence-electron chi connectivity index (χ3n) is 4.48. The molecule has 0 aromatic rings. The SMILES string of the molecule is CN1C[C@H](OCCOCCOCCOC2CCCCO2)C[C@H]1CO. The summed E-state index contributed by atoms with van der Waals surface area (Å²) in [5.74, 6) is 0. The predicted molar refractivity (Wildman–Crippen MR) is 89.0 cm³/mol. The maximum Gasteiger partial charge on any atom is 0.157 e. The summed E-state index contributed by atoms with van der Waals surface area (Å²) in [5, 5.41) is 9.21. The molecule has 7 heteroatoms. The largest absolute Gasteiger partial charge is 0.395 e. The van der Waals surface area contributed by atoms with Gasteiger partial charge in [-0.2, -0.15) is 0 Å². The first-order chi connectivity index (χ1) is 11.8. The summed E-state index contributed by atoms with van der Waals surface area (Å²) >= 11 is 0. The van der Waals surface area contributed by atoms with E-state index >= 15 is 0 Å². The van der Waals surface area contributed by atoms with E-state index in [9.17, 15) is 5.11 Å². The lowest BCUT2D eigenvalue weighted by molar-refractivity contribution is -0.169. The van der Waals surface area contributed by atoms with E-state index in [1.807, 2.05) is 7.05 Å². The fourth-order valence-corrected chi connectivity index (χ4v) is 3.04. The first-order valence-electron chi connectivity index (χ1n) is 9.11. The number of likely N-dealkylation sites (tertiary alicyclic amines) is 1. The van der Waals surface area contributed by atoms with Crippen LogP contribution in [0.25, 0.3) is 0 Å². The van der Waals surface area contributed by atoms with Crippen LogP contribution in [0, 0.1) is 0 Å². The monoisotopic (exact) mass is 347 g/mol. The fraction of sp³-hybridized carbons (Fsp3) is 1.00. The molecule has 3 atom stereocenters. The number of rotatable bonds is 12. The van der Waals surface area contributed by atoms with E-state index in [2.05, 4.69) is 4.90 Å². The Morgan fingerprint density at radius 2 is 1.71 bits per heavy atom. The number of nitrogens with zero attached hydrogens (tertiary/aromatic N) is 1. The highest BCUT2D eigenvalue weighted by molar-refractivity contribution is 4.83. The lowest BCUT2D eigenvalue weighted by Crippen LogP contribution is -2.28. The molecule has 0 amide bonds. The maximum absolute atomic E-state index is 9.21. The number of likely N-dealkylation sites (N-methyl/N-ethyl adjacent to an activating group) is 1. The zero-order valence-corrected chi connectivity index (χ0v) is 14.9. The number of aliphatic hydroxyl groups is 1. The molecule has 0 bridgehead atoms. The van der Waals surface area contributed by atoms with Crippen molar-refractivity contribution < 1.29 is 28.8 Å². The van der Waals surface area contributed by atoms with Crippen LogP contribution in [0.5, 0.6) is 0 Å². The highest BCUT2D eigenvalue weighted by atomic mass is 16.7. The Labute approximate surface area is 145 Å². The van der Waals surface area contributed by atoms with Crippen molar-refractivity contribution in [2.24, 2.45) is 0 Å². The molecule has 0 spiro atoms. The van der Waals surface area contributed by atoms with Gasteiger partial charge in [0.2, 0.25) is 0 Å². The molecule has 2 saturated heterocycles. The summed E-state index contributed by atoms with van der Waals surface area (Å²) in [6, 6.07) is 0.227. The zero-order valence-electron chi connectivity index (χ0n) is 14.9. The van der Waals surface area contributed by atoms with Gasteiger partial charge in [0.15, 0.2) is 6.29 Å². The Kier molecular flexibility index (Phi) is 10.1. The van der Waals surface area contributed by atoms with Gasteiger partial charge in [-0.15, -0.1) is 0 Å². The smallest absolute Gasteiger partial charge is 0.157 e. The molecule has 0 radical (unpaired) electrons. The molecular weight excluding hydrogens is 314 g/mol. The van der Waals surface area contributed by atoms with Crippen LogP contribution < -0.4 is 0 Å². The van der Waals surface area contributed by atoms with Gasteiger partial charge in [-0.1, -0.05) is 0 Å². The quantitative estimate of drug-likeness (QED) is 0.520. The molecule has 2 aliphatic rings. The van der Waals surface area contributed by atoms with Crippen LogP contribution >= 0.6 is 0 Å². The Bertz CT molecular complexity index is 313. The summed E-state index contributed by atoms with van der Waals surface area (Å²) in [4.78, 5) is 2.14. The van der Waals surface area contributed by atoms with Crippen molar-refractivity contribution in [3.63, 3.8) is 0 Å². The second-order valence-electron chi connectivity index (χ2n) is 6.40. The van der Waals surface area contributed by atoms with E-state index in [1.165, 1.54) is 6.42 Å². The van der Waals surface area contributed by atoms with Gasteiger partial charge in [0.25, 0.3) is 0 Å². The van der Waals surface area contributed by atoms with E-state index in [0.29, 0.717) is 39.6 Å². The first-order valence-corrected chi connectivity index (χ1v) is 9.11. The van der Waals surface area contributed by atoms with Crippen LogP contribution in [-0.4, -0.2) is 94.9 Å². The van der Waals surface area contributed by atoms with E-state index in [-0.39, 0.29) is 25.0 Å². The average molecular weight is 347 g/mol. The van der Waals surface area contributed by atoms with Gasteiger partial charge >= 0.3 is 0 Å². The molecular formula is C17H33NO6. The summed E-state index contributed by atoms with van der Waals surface area (Å²) < 4.78 is 27.8. The predicted octanol–water partition coefficient (Wildman–Crippen LogP) is 0.644. The van der Waals surface area contributed by atoms with E-state index in [1.54, 1.807) is 0 Å². The van der Waals surface area contributed by atoms with Crippen molar-refractivity contribution in [2.75, 3.05) is 66.4 Å². The lowest BCUT2D eigenvalue weighted by atomic mass is 10.2. The number of ether oxygens (including phenoxy) is 5. The Hall–Kier alpha value is -0.280. The Morgan fingerprint density at radius 1 is 1.00 bits per heavy atom. The van der Waals surface area contributed by atoms with Gasteiger partial charge in [0, 0.05) is 19.2 Å². The molecule has 2 heterocycles. The second-order valence-corrected chi connectivity index (χ2v) is 6.40. The summed E-state index contributed by atoms with van der Waals surface area (Å²) in [6.45, 7) is 5.28. The van der Waals surface area contributed by atoms with E-state index < -0.39 is 0 Å². The fourth-order valence-electron chi connectivity index (χ4n) is 3.04. The van der Waals surface area contributed by atoms with E-state index in [0.717, 1.165) is 32.4 Å². The minimum Gasteiger partial charge on any atom is -0.395 e. The maximum atomic E-state index is 9.21. The van der Waals surface area contributed by atoms with Crippen LogP contribution in [0.2, 0.25) is 0 Å². The van der Waals surface area contributed by atoms with Crippen LogP contribution in [0.3, 0.4) is 0 Å². The van der Waals surface area contributed by atoms with Crippen LogP contribution in [0.1, 0.15) is 25.7 Å². The third-order valence-corrected chi connectivity index (χ3v) is 4.48. The van der Waals surface area contributed by atoms with Crippen molar-refractivity contribution in [3.05, 3.63) is 0 Å². The standard InChI is InChI=1S/C17H33NO6/c1-18-13-16(12-15(18)14-19)22-10-8-20-6-7-21-9-11-24-17-4-2-3-5-23-17/h15-17,19H,2-14H2,1H3/t15-,16+,17?/m0/s1. The Balaban J connectivity index is 1.32. The van der Waals surface area contributed by atoms with Crippen LogP contribution in [0.4, 0.5) is 0 Å². The molecule has 0 saturated carbocycles. The minimum absolute atomic E-state index is 0.0455. The van der Waals surface area contributed by atoms with Crippen molar-refractivity contribution in [2.45, 2.75) is 44.1 Å². The topological polar surface area (TPSA) is 69.6 Å². The molecule has 142 valence electrons. The molecule has 2 rings (SSSR count). The first kappa shape index (κ1) is 20.0. The van der Waals surface area contributed by atoms with Gasteiger partial charge in [0.1, 0.15) is 0 Å². The average Bonchev–Trinajstić information content (AvgIpc) is 2.97. The summed E-state index contributed by atoms with van der Waals surface area (Å²) in [7, 11) is 2.02. The van der Waals surface area contributed by atoms with Crippen molar-refractivity contribution in [3.8, 4) is 0 Å². The molecule has 2 aliphatic heterocycles. The highest BCUT2D eigenvalue weighted by Gasteiger charge is 2.29. The normalized spacial score (nSPS) is 28.5. The van der Waals surface area contributed by atoms with E-state index in [4.69, 9.17) is 23.7 Å². The minimum atomic E-state index is -0.0455. The van der Waals surface area contributed by atoms with Gasteiger partial charge in [-0.05, 0) is 32.7 Å². The zero-order chi connectivity index (χ0) is 17.0. The van der Waals surface area contributed by atoms with Gasteiger partial charge in [-0.3, -0.25) is 4.90 Å². The lowest BCUT2D eigenvalue weighted by Gasteiger charge is -2.22. The van der Waals surface area contributed by atoms with Crippen LogP contribution in [0.15, 0.2) is 0 Å². The van der Waals surface area contributed by atoms with Crippen LogP contribution in [-0.2, 0) is 23.7 Å². The van der Waals surface area contributed by atoms with Gasteiger partial charge < -0.3 is 28.8 Å². The number of hydrogen-bond donors (Lipinski definition) is 1. The molecule has 24 heavy (non-hydrogen) atoms. The molecule has 0 aromatic heterocycles. The molecule has 1 N–H and O–H groups in total. The second kappa shape index (κ2) is 12.1. The molecule has 1 unspecified atom stereocenters. The Morgan fingerprint density at radius 3 is 2.33 bits per heavy atom. The molecule has 2 fully saturated rings. The highest BCUT2D eigenvalue weighted by Crippen LogP contribution is 2.17. The van der Waals surface area contributed by atoms with Gasteiger partial charge in [0.05, 0.1) is 52.4 Å². The van der Waals surface area contributed by atoms with Gasteiger partial charge in [-0.25, -0.2) is 0 Å². The summed E-state index contributed by atoms with van der Waals surface area (Å²) in [5.41, 5.74) is 0. The molecule has 7 nitrogen and oxygen atoms in total. The van der Waals surface area contributed by atoms with Crippen molar-refractivity contribution in [1.82, 2.24) is 4.90 Å². The third kappa shape index (κ3) is 7.74. The molecule has 0 aromatic carbocycles.